The average molecular weight is 183 g/mol. The molecule has 0 atom stereocenters. The van der Waals surface area contributed by atoms with Crippen LogP contribution in [0.1, 0.15) is 48.5 Å². The summed E-state index contributed by atoms with van der Waals surface area (Å²) in [5.41, 5.74) is 2.54. The van der Waals surface area contributed by atoms with Crippen LogP contribution in [0.25, 0.3) is 0 Å². The summed E-state index contributed by atoms with van der Waals surface area (Å²) in [6.07, 6.45) is 2.11. The van der Waals surface area contributed by atoms with Crippen LogP contribution >= 0.6 is 0 Å². The molecule has 1 heteroatoms. The van der Waals surface area contributed by atoms with Gasteiger partial charge in [0.1, 0.15) is 0 Å². The number of nitrogens with zero attached hydrogens (tertiary/aromatic N) is 1. The van der Waals surface area contributed by atoms with Crippen molar-refractivity contribution in [1.82, 2.24) is 0 Å². The molecule has 0 unspecified atom stereocenters. The molecule has 0 N–H and O–H groups in total. The van der Waals surface area contributed by atoms with Crippen molar-refractivity contribution in [1.29, 1.82) is 0 Å². The van der Waals surface area contributed by atoms with Crippen LogP contribution in [0.2, 0.25) is 0 Å². The molecule has 1 nitrogen and oxygen atoms in total. The van der Waals surface area contributed by atoms with Gasteiger partial charge in [0.05, 0.1) is 6.54 Å². The molecular formula is C12H25N. The third kappa shape index (κ3) is 14.3. The lowest BCUT2D eigenvalue weighted by Gasteiger charge is -1.79. The van der Waals surface area contributed by atoms with Crippen LogP contribution in [-0.2, 0) is 0 Å². The Morgan fingerprint density at radius 1 is 1.15 bits per heavy atom. The van der Waals surface area contributed by atoms with Crippen LogP contribution in [0.15, 0.2) is 16.6 Å². The Balaban J connectivity index is 0. The van der Waals surface area contributed by atoms with E-state index >= 15 is 0 Å². The second kappa shape index (κ2) is 9.50. The first-order chi connectivity index (χ1) is 6.02. The van der Waals surface area contributed by atoms with Crippen LogP contribution in [0.3, 0.4) is 0 Å². The summed E-state index contributed by atoms with van der Waals surface area (Å²) in [5.74, 6) is 0.833. The molecule has 0 amide bonds. The number of allylic oxidation sites excluding steroid dienone is 1. The van der Waals surface area contributed by atoms with Gasteiger partial charge in [0.15, 0.2) is 0 Å². The summed E-state index contributed by atoms with van der Waals surface area (Å²) >= 11 is 0. The highest BCUT2D eigenvalue weighted by molar-refractivity contribution is 5.95. The first-order valence-corrected chi connectivity index (χ1v) is 5.20. The van der Waals surface area contributed by atoms with Gasteiger partial charge < -0.3 is 0 Å². The SMILES string of the molecule is CC.CC(C)C.CC1=CC(C)=NC1. The summed E-state index contributed by atoms with van der Waals surface area (Å²) < 4.78 is 0. The molecule has 1 aliphatic rings. The molecular weight excluding hydrogens is 158 g/mol. The Morgan fingerprint density at radius 2 is 1.54 bits per heavy atom. The third-order valence-corrected chi connectivity index (χ3v) is 1.03. The summed E-state index contributed by atoms with van der Waals surface area (Å²) in [5, 5.41) is 0. The van der Waals surface area contributed by atoms with Crippen molar-refractivity contribution in [3.63, 3.8) is 0 Å². The second-order valence-electron chi connectivity index (χ2n) is 3.68. The predicted octanol–water partition coefficient (Wildman–Crippen LogP) is 4.10. The fourth-order valence-corrected chi connectivity index (χ4v) is 0.697. The number of hydrogen-bond donors (Lipinski definition) is 0. The third-order valence-electron chi connectivity index (χ3n) is 1.03. The molecule has 1 rings (SSSR count). The van der Waals surface area contributed by atoms with Gasteiger partial charge >= 0.3 is 0 Å². The zero-order chi connectivity index (χ0) is 10.9. The van der Waals surface area contributed by atoms with Crippen molar-refractivity contribution in [2.75, 3.05) is 6.54 Å². The number of hydrogen-bond acceptors (Lipinski definition) is 1. The molecule has 0 aliphatic carbocycles. The zero-order valence-corrected chi connectivity index (χ0v) is 10.3. The van der Waals surface area contributed by atoms with E-state index in [2.05, 4.69) is 38.8 Å². The highest BCUT2D eigenvalue weighted by Crippen LogP contribution is 2.01. The highest BCUT2D eigenvalue weighted by atomic mass is 14.7. The first kappa shape index (κ1) is 14.9. The lowest BCUT2D eigenvalue weighted by molar-refractivity contribution is 0.737. The monoisotopic (exact) mass is 183 g/mol. The summed E-state index contributed by atoms with van der Waals surface area (Å²) in [6, 6.07) is 0. The van der Waals surface area contributed by atoms with Gasteiger partial charge in [-0.2, -0.15) is 0 Å². The van der Waals surface area contributed by atoms with Gasteiger partial charge in [-0.15, -0.1) is 0 Å². The maximum Gasteiger partial charge on any atom is 0.0603 e. The maximum atomic E-state index is 4.14. The fourth-order valence-electron chi connectivity index (χ4n) is 0.697. The number of aliphatic imine (C=N–C) groups is 1. The molecule has 0 radical (unpaired) electrons. The Labute approximate surface area is 84.0 Å². The van der Waals surface area contributed by atoms with E-state index in [1.807, 2.05) is 20.8 Å². The van der Waals surface area contributed by atoms with E-state index in [4.69, 9.17) is 0 Å². The molecule has 1 heterocycles. The van der Waals surface area contributed by atoms with Crippen LogP contribution in [-0.4, -0.2) is 12.3 Å². The van der Waals surface area contributed by atoms with Crippen LogP contribution in [0.4, 0.5) is 0 Å². The molecule has 78 valence electrons. The van der Waals surface area contributed by atoms with E-state index in [9.17, 15) is 0 Å². The van der Waals surface area contributed by atoms with Crippen molar-refractivity contribution >= 4 is 5.71 Å². The van der Waals surface area contributed by atoms with Gasteiger partial charge in [-0.25, -0.2) is 0 Å². The van der Waals surface area contributed by atoms with E-state index in [-0.39, 0.29) is 0 Å². The zero-order valence-electron chi connectivity index (χ0n) is 10.3. The Hall–Kier alpha value is -0.590. The smallest absolute Gasteiger partial charge is 0.0603 e. The van der Waals surface area contributed by atoms with Crippen molar-refractivity contribution in [3.8, 4) is 0 Å². The Bertz CT molecular complexity index is 161. The first-order valence-electron chi connectivity index (χ1n) is 5.20. The molecule has 0 aromatic carbocycles. The van der Waals surface area contributed by atoms with Gasteiger partial charge in [-0.1, -0.05) is 40.2 Å². The molecule has 0 aromatic heterocycles. The van der Waals surface area contributed by atoms with Crippen molar-refractivity contribution < 1.29 is 0 Å². The van der Waals surface area contributed by atoms with Crippen molar-refractivity contribution in [3.05, 3.63) is 11.6 Å². The molecule has 0 fully saturated rings. The van der Waals surface area contributed by atoms with Crippen LogP contribution in [0, 0.1) is 5.92 Å². The van der Waals surface area contributed by atoms with Crippen molar-refractivity contribution in [2.24, 2.45) is 10.9 Å². The van der Waals surface area contributed by atoms with E-state index in [0.29, 0.717) is 0 Å². The molecule has 0 aromatic rings. The van der Waals surface area contributed by atoms with E-state index < -0.39 is 0 Å². The molecule has 0 saturated heterocycles. The van der Waals surface area contributed by atoms with Gasteiger partial charge in [-0.05, 0) is 25.8 Å². The standard InChI is InChI=1S/C6H9N.C4H10.C2H6/c1-5-3-6(2)7-4-5;1-4(2)3;1-2/h3H,4H2,1-2H3;4H,1-3H3;1-2H3. The minimum Gasteiger partial charge on any atom is -0.286 e. The molecule has 0 spiro atoms. The van der Waals surface area contributed by atoms with E-state index in [1.165, 1.54) is 5.57 Å². The van der Waals surface area contributed by atoms with Crippen LogP contribution in [0.5, 0.6) is 0 Å². The molecule has 1 aliphatic heterocycles. The van der Waals surface area contributed by atoms with Crippen molar-refractivity contribution in [2.45, 2.75) is 48.5 Å². The average Bonchev–Trinajstić information content (AvgIpc) is 2.38. The fraction of sp³-hybridized carbons (Fsp3) is 0.750. The van der Waals surface area contributed by atoms with E-state index in [0.717, 1.165) is 18.2 Å². The van der Waals surface area contributed by atoms with Crippen LogP contribution < -0.4 is 0 Å². The normalized spacial score (nSPS) is 13.5. The molecule has 13 heavy (non-hydrogen) atoms. The lowest BCUT2D eigenvalue weighted by Crippen LogP contribution is -1.73. The minimum atomic E-state index is 0.833. The summed E-state index contributed by atoms with van der Waals surface area (Å²) in [7, 11) is 0. The molecule has 0 bridgehead atoms. The summed E-state index contributed by atoms with van der Waals surface area (Å²) in [6.45, 7) is 15.5. The van der Waals surface area contributed by atoms with Gasteiger partial charge in [-0.3, -0.25) is 4.99 Å². The topological polar surface area (TPSA) is 12.4 Å². The summed E-state index contributed by atoms with van der Waals surface area (Å²) in [4.78, 5) is 4.14. The maximum absolute atomic E-state index is 4.14. The minimum absolute atomic E-state index is 0.833. The van der Waals surface area contributed by atoms with E-state index in [1.54, 1.807) is 0 Å². The highest BCUT2D eigenvalue weighted by Gasteiger charge is 1.95. The quantitative estimate of drug-likeness (QED) is 0.536. The largest absolute Gasteiger partial charge is 0.286 e. The number of rotatable bonds is 0. The van der Waals surface area contributed by atoms with Gasteiger partial charge in [0.25, 0.3) is 0 Å². The predicted molar refractivity (Wildman–Crippen MR) is 63.6 cm³/mol. The second-order valence-corrected chi connectivity index (χ2v) is 3.68. The van der Waals surface area contributed by atoms with Gasteiger partial charge in [0, 0.05) is 5.71 Å². The lowest BCUT2D eigenvalue weighted by atomic mass is 10.3. The Kier molecular flexibility index (Phi) is 10.9. The molecule has 0 saturated carbocycles. The van der Waals surface area contributed by atoms with Gasteiger partial charge in [0.2, 0.25) is 0 Å². The Morgan fingerprint density at radius 3 is 1.62 bits per heavy atom.